The molecule has 16 heavy (non-hydrogen) atoms. The molecule has 0 aliphatic rings. The van der Waals surface area contributed by atoms with Crippen molar-refractivity contribution in [2.75, 3.05) is 25.0 Å². The lowest BCUT2D eigenvalue weighted by Crippen LogP contribution is -2.24. The predicted octanol–water partition coefficient (Wildman–Crippen LogP) is 3.12. The quantitative estimate of drug-likeness (QED) is 0.658. The molecule has 0 saturated heterocycles. The monoisotopic (exact) mass is 220 g/mol. The number of anilines is 1. The maximum Gasteiger partial charge on any atom is 0.0340 e. The second-order valence-corrected chi connectivity index (χ2v) is 4.34. The molecule has 0 heterocycles. The average molecular weight is 220 g/mol. The van der Waals surface area contributed by atoms with Crippen molar-refractivity contribution >= 4 is 5.69 Å². The van der Waals surface area contributed by atoms with Gasteiger partial charge in [-0.25, -0.2) is 0 Å². The molecular weight excluding hydrogens is 196 g/mol. The molecule has 0 bridgehead atoms. The minimum atomic E-state index is 0.842. The minimum Gasteiger partial charge on any atom is -0.384 e. The number of nitrogens with one attached hydrogen (secondary N) is 2. The van der Waals surface area contributed by atoms with E-state index in [1.54, 1.807) is 0 Å². The summed E-state index contributed by atoms with van der Waals surface area (Å²) in [5.41, 5.74) is 1.20. The van der Waals surface area contributed by atoms with Crippen molar-refractivity contribution in [1.82, 2.24) is 5.32 Å². The molecule has 2 nitrogen and oxygen atoms in total. The fraction of sp³-hybridized carbons (Fsp3) is 0.571. The van der Waals surface area contributed by atoms with Crippen LogP contribution in [0.3, 0.4) is 0 Å². The molecule has 1 aromatic carbocycles. The standard InChI is InChI=1S/C14H24N2/c1-3-13(2)9-10-15-11-12-16-14-7-5-4-6-8-14/h4-8,13,15-16H,3,9-12H2,1-2H3. The first-order valence-electron chi connectivity index (χ1n) is 6.32. The maximum absolute atomic E-state index is 3.46. The van der Waals surface area contributed by atoms with Crippen LogP contribution in [-0.2, 0) is 0 Å². The third-order valence-corrected chi connectivity index (χ3v) is 2.92. The molecule has 1 unspecified atom stereocenters. The van der Waals surface area contributed by atoms with Crippen LogP contribution < -0.4 is 10.6 Å². The van der Waals surface area contributed by atoms with Gasteiger partial charge in [0.15, 0.2) is 0 Å². The van der Waals surface area contributed by atoms with Gasteiger partial charge in [-0.2, -0.15) is 0 Å². The first kappa shape index (κ1) is 13.0. The van der Waals surface area contributed by atoms with E-state index in [1.165, 1.54) is 18.5 Å². The molecule has 0 aliphatic carbocycles. The molecule has 1 atom stereocenters. The van der Waals surface area contributed by atoms with E-state index < -0.39 is 0 Å². The Hall–Kier alpha value is -1.02. The van der Waals surface area contributed by atoms with Crippen LogP contribution in [0.2, 0.25) is 0 Å². The molecule has 0 saturated carbocycles. The number of hydrogen-bond donors (Lipinski definition) is 2. The van der Waals surface area contributed by atoms with Crippen LogP contribution >= 0.6 is 0 Å². The zero-order chi connectivity index (χ0) is 11.6. The zero-order valence-electron chi connectivity index (χ0n) is 10.5. The highest BCUT2D eigenvalue weighted by molar-refractivity contribution is 5.42. The molecule has 0 spiro atoms. The van der Waals surface area contributed by atoms with Crippen LogP contribution in [0.1, 0.15) is 26.7 Å². The largest absolute Gasteiger partial charge is 0.384 e. The summed E-state index contributed by atoms with van der Waals surface area (Å²) in [6.45, 7) is 7.72. The molecule has 1 aromatic rings. The van der Waals surface area contributed by atoms with Gasteiger partial charge in [-0.3, -0.25) is 0 Å². The molecule has 0 fully saturated rings. The molecule has 0 amide bonds. The summed E-state index contributed by atoms with van der Waals surface area (Å²) in [5, 5.41) is 6.84. The zero-order valence-corrected chi connectivity index (χ0v) is 10.5. The van der Waals surface area contributed by atoms with E-state index >= 15 is 0 Å². The highest BCUT2D eigenvalue weighted by Crippen LogP contribution is 2.04. The smallest absolute Gasteiger partial charge is 0.0340 e. The first-order chi connectivity index (χ1) is 7.83. The fourth-order valence-corrected chi connectivity index (χ4v) is 1.53. The molecule has 2 N–H and O–H groups in total. The van der Waals surface area contributed by atoms with Crippen molar-refractivity contribution in [2.45, 2.75) is 26.7 Å². The summed E-state index contributed by atoms with van der Waals surface area (Å²) in [6, 6.07) is 10.3. The molecule has 0 aliphatic heterocycles. The van der Waals surface area contributed by atoms with Crippen molar-refractivity contribution in [1.29, 1.82) is 0 Å². The van der Waals surface area contributed by atoms with Crippen molar-refractivity contribution in [2.24, 2.45) is 5.92 Å². The van der Waals surface area contributed by atoms with E-state index in [0.717, 1.165) is 25.6 Å². The molecule has 0 aromatic heterocycles. The van der Waals surface area contributed by atoms with Gasteiger partial charge in [0.05, 0.1) is 0 Å². The van der Waals surface area contributed by atoms with E-state index in [2.05, 4.69) is 48.7 Å². The fourth-order valence-electron chi connectivity index (χ4n) is 1.53. The van der Waals surface area contributed by atoms with Crippen LogP contribution in [0.4, 0.5) is 5.69 Å². The van der Waals surface area contributed by atoms with Gasteiger partial charge in [0.1, 0.15) is 0 Å². The van der Waals surface area contributed by atoms with Crippen LogP contribution in [0.15, 0.2) is 30.3 Å². The number of para-hydroxylation sites is 1. The lowest BCUT2D eigenvalue weighted by atomic mass is 10.1. The third kappa shape index (κ3) is 5.76. The van der Waals surface area contributed by atoms with Crippen LogP contribution in [0, 0.1) is 5.92 Å². The molecular formula is C14H24N2. The minimum absolute atomic E-state index is 0.842. The lowest BCUT2D eigenvalue weighted by Gasteiger charge is -2.10. The summed E-state index contributed by atoms with van der Waals surface area (Å²) in [6.07, 6.45) is 2.56. The maximum atomic E-state index is 3.46. The average Bonchev–Trinajstić information content (AvgIpc) is 2.34. The van der Waals surface area contributed by atoms with Crippen LogP contribution in [0.25, 0.3) is 0 Å². The van der Waals surface area contributed by atoms with Gasteiger partial charge in [-0.15, -0.1) is 0 Å². The number of benzene rings is 1. The highest BCUT2D eigenvalue weighted by Gasteiger charge is 1.96. The Morgan fingerprint density at radius 1 is 1.06 bits per heavy atom. The van der Waals surface area contributed by atoms with Gasteiger partial charge >= 0.3 is 0 Å². The van der Waals surface area contributed by atoms with E-state index in [0.29, 0.717) is 0 Å². The molecule has 90 valence electrons. The van der Waals surface area contributed by atoms with Crippen molar-refractivity contribution in [3.8, 4) is 0 Å². The topological polar surface area (TPSA) is 24.1 Å². The lowest BCUT2D eigenvalue weighted by molar-refractivity contribution is 0.491. The Balaban J connectivity index is 1.96. The third-order valence-electron chi connectivity index (χ3n) is 2.92. The van der Waals surface area contributed by atoms with Gasteiger partial charge in [0, 0.05) is 18.8 Å². The van der Waals surface area contributed by atoms with Crippen molar-refractivity contribution < 1.29 is 0 Å². The summed E-state index contributed by atoms with van der Waals surface area (Å²) < 4.78 is 0. The SMILES string of the molecule is CCC(C)CCNCCNc1ccccc1. The normalized spacial score (nSPS) is 12.4. The summed E-state index contributed by atoms with van der Waals surface area (Å²) in [7, 11) is 0. The van der Waals surface area contributed by atoms with E-state index in [4.69, 9.17) is 0 Å². The predicted molar refractivity (Wildman–Crippen MR) is 71.9 cm³/mol. The molecule has 2 heteroatoms. The Morgan fingerprint density at radius 3 is 2.50 bits per heavy atom. The van der Waals surface area contributed by atoms with E-state index in [9.17, 15) is 0 Å². The second-order valence-electron chi connectivity index (χ2n) is 4.34. The van der Waals surface area contributed by atoms with Crippen molar-refractivity contribution in [3.05, 3.63) is 30.3 Å². The highest BCUT2D eigenvalue weighted by atomic mass is 14.9. The number of hydrogen-bond acceptors (Lipinski definition) is 2. The molecule has 0 radical (unpaired) electrons. The van der Waals surface area contributed by atoms with E-state index in [-0.39, 0.29) is 0 Å². The van der Waals surface area contributed by atoms with Gasteiger partial charge in [0.25, 0.3) is 0 Å². The first-order valence-corrected chi connectivity index (χ1v) is 6.32. The van der Waals surface area contributed by atoms with E-state index in [1.807, 2.05) is 6.07 Å². The number of rotatable bonds is 8. The Kier molecular flexibility index (Phi) is 6.66. The van der Waals surface area contributed by atoms with Crippen LogP contribution in [0.5, 0.6) is 0 Å². The summed E-state index contributed by atoms with van der Waals surface area (Å²) >= 11 is 0. The summed E-state index contributed by atoms with van der Waals surface area (Å²) in [5.74, 6) is 0.842. The van der Waals surface area contributed by atoms with Crippen molar-refractivity contribution in [3.63, 3.8) is 0 Å². The Labute approximate surface area is 99.5 Å². The molecule has 1 rings (SSSR count). The van der Waals surface area contributed by atoms with Crippen LogP contribution in [-0.4, -0.2) is 19.6 Å². The van der Waals surface area contributed by atoms with Gasteiger partial charge in [-0.1, -0.05) is 38.5 Å². The Morgan fingerprint density at radius 2 is 1.81 bits per heavy atom. The summed E-state index contributed by atoms with van der Waals surface area (Å²) in [4.78, 5) is 0. The van der Waals surface area contributed by atoms with Gasteiger partial charge < -0.3 is 10.6 Å². The van der Waals surface area contributed by atoms with Gasteiger partial charge in [-0.05, 0) is 31.0 Å². The van der Waals surface area contributed by atoms with Gasteiger partial charge in [0.2, 0.25) is 0 Å². The Bertz CT molecular complexity index is 259. The second kappa shape index (κ2) is 8.17.